The highest BCUT2D eigenvalue weighted by Crippen LogP contribution is 2.22. The second-order valence-corrected chi connectivity index (χ2v) is 5.77. The Kier molecular flexibility index (Phi) is 5.56. The lowest BCUT2D eigenvalue weighted by Crippen LogP contribution is -2.08. The van der Waals surface area contributed by atoms with Crippen molar-refractivity contribution in [2.24, 2.45) is 0 Å². The molecule has 0 amide bonds. The van der Waals surface area contributed by atoms with Gasteiger partial charge in [0.25, 0.3) is 5.49 Å². The molecule has 0 fully saturated rings. The van der Waals surface area contributed by atoms with Crippen molar-refractivity contribution in [1.82, 2.24) is 0 Å². The molecular weight excluding hydrogens is 211 g/mol. The largest absolute Gasteiger partial charge is 0.370 e. The van der Waals surface area contributed by atoms with Crippen LogP contribution in [-0.2, 0) is 18.9 Å². The molecule has 13 heavy (non-hydrogen) atoms. The lowest BCUT2D eigenvalue weighted by Gasteiger charge is -1.95. The van der Waals surface area contributed by atoms with Crippen LogP contribution in [0.3, 0.4) is 0 Å². The fourth-order valence-electron chi connectivity index (χ4n) is 0.513. The first kappa shape index (κ1) is 12.3. The van der Waals surface area contributed by atoms with E-state index in [2.05, 4.69) is 16.7 Å². The average molecular weight is 221 g/mol. The van der Waals surface area contributed by atoms with Crippen molar-refractivity contribution >= 4 is 17.9 Å². The van der Waals surface area contributed by atoms with Crippen LogP contribution in [0.4, 0.5) is 0 Å². The van der Waals surface area contributed by atoms with E-state index in [1.807, 2.05) is 0 Å². The second kappa shape index (κ2) is 5.87. The molecule has 0 aromatic heterocycles. The molecular formula is C7H10O4PS+. The summed E-state index contributed by atoms with van der Waals surface area (Å²) in [5, 5.41) is 0. The van der Waals surface area contributed by atoms with Crippen molar-refractivity contribution in [1.29, 1.82) is 0 Å². The summed E-state index contributed by atoms with van der Waals surface area (Å²) < 4.78 is 37.2. The molecule has 0 spiro atoms. The third-order valence-corrected chi connectivity index (χ3v) is 4.38. The van der Waals surface area contributed by atoms with E-state index in [9.17, 15) is 13.0 Å². The zero-order valence-corrected chi connectivity index (χ0v) is 8.68. The molecule has 0 rings (SSSR count). The molecule has 1 unspecified atom stereocenters. The third-order valence-electron chi connectivity index (χ3n) is 0.935. The number of hydrogen-bond acceptors (Lipinski definition) is 4. The first-order valence-electron chi connectivity index (χ1n) is 3.35. The first-order valence-corrected chi connectivity index (χ1v) is 6.56. The van der Waals surface area contributed by atoms with Gasteiger partial charge in [0.2, 0.25) is 6.16 Å². The molecule has 0 aliphatic carbocycles. The van der Waals surface area contributed by atoms with Crippen LogP contribution in [0.5, 0.6) is 0 Å². The van der Waals surface area contributed by atoms with Crippen LogP contribution in [0.1, 0.15) is 0 Å². The molecule has 0 aliphatic heterocycles. The lowest BCUT2D eigenvalue weighted by atomic mass is 10.7. The number of terminal acetylenes is 1. The van der Waals surface area contributed by atoms with Crippen molar-refractivity contribution in [3.8, 4) is 12.3 Å². The summed E-state index contributed by atoms with van der Waals surface area (Å²) in [4.78, 5) is 0. The fraction of sp³-hybridized carbons (Fsp3) is 0.429. The zero-order valence-electron chi connectivity index (χ0n) is 6.97. The molecule has 0 bridgehead atoms. The quantitative estimate of drug-likeness (QED) is 0.290. The molecule has 1 atom stereocenters. The van der Waals surface area contributed by atoms with Gasteiger partial charge in [0, 0.05) is 0 Å². The highest BCUT2D eigenvalue weighted by Gasteiger charge is 2.25. The normalized spacial score (nSPS) is 11.8. The fourth-order valence-corrected chi connectivity index (χ4v) is 3.09. The Labute approximate surface area is 78.9 Å². The van der Waals surface area contributed by atoms with Crippen LogP contribution in [-0.4, -0.2) is 26.7 Å². The highest BCUT2D eigenvalue weighted by atomic mass is 32.2. The molecule has 0 aromatic rings. The SMILES string of the molecule is C#CC[P+](=O)CS(=O)(=O)OCC=C. The molecule has 6 heteroatoms. The Balaban J connectivity index is 4.11. The van der Waals surface area contributed by atoms with Crippen molar-refractivity contribution in [2.75, 3.05) is 18.3 Å². The maximum atomic E-state index is 11.0. The monoisotopic (exact) mass is 221 g/mol. The van der Waals surface area contributed by atoms with Gasteiger partial charge in [0.15, 0.2) is 0 Å². The third kappa shape index (κ3) is 6.47. The number of hydrogen-bond donors (Lipinski definition) is 0. The minimum absolute atomic E-state index is 0.0496. The van der Waals surface area contributed by atoms with E-state index < -0.39 is 23.4 Å². The van der Waals surface area contributed by atoms with E-state index in [0.717, 1.165) is 0 Å². The summed E-state index contributed by atoms with van der Waals surface area (Å²) in [5.41, 5.74) is -0.527. The smallest absolute Gasteiger partial charge is 0.263 e. The van der Waals surface area contributed by atoms with Crippen molar-refractivity contribution in [3.05, 3.63) is 12.7 Å². The van der Waals surface area contributed by atoms with Gasteiger partial charge in [0.1, 0.15) is 0 Å². The maximum Gasteiger partial charge on any atom is 0.370 e. The predicted molar refractivity (Wildman–Crippen MR) is 51.2 cm³/mol. The van der Waals surface area contributed by atoms with Crippen molar-refractivity contribution in [2.45, 2.75) is 0 Å². The molecule has 0 saturated heterocycles. The summed E-state index contributed by atoms with van der Waals surface area (Å²) in [6, 6.07) is 0. The first-order chi connectivity index (χ1) is 6.02. The van der Waals surface area contributed by atoms with Crippen LogP contribution >= 0.6 is 7.80 Å². The molecule has 72 valence electrons. The van der Waals surface area contributed by atoms with Crippen LogP contribution < -0.4 is 0 Å². The van der Waals surface area contributed by atoms with Crippen LogP contribution in [0.15, 0.2) is 12.7 Å². The topological polar surface area (TPSA) is 60.4 Å². The predicted octanol–water partition coefficient (Wildman–Crippen LogP) is 0.937. The Morgan fingerprint density at radius 2 is 2.23 bits per heavy atom. The minimum atomic E-state index is -3.72. The second-order valence-electron chi connectivity index (χ2n) is 2.10. The van der Waals surface area contributed by atoms with E-state index in [-0.39, 0.29) is 12.8 Å². The summed E-state index contributed by atoms with van der Waals surface area (Å²) >= 11 is 0. The van der Waals surface area contributed by atoms with Crippen molar-refractivity contribution < 1.29 is 17.2 Å². The molecule has 0 N–H and O–H groups in total. The van der Waals surface area contributed by atoms with E-state index in [0.29, 0.717) is 0 Å². The van der Waals surface area contributed by atoms with Crippen molar-refractivity contribution in [3.63, 3.8) is 0 Å². The van der Waals surface area contributed by atoms with E-state index >= 15 is 0 Å². The van der Waals surface area contributed by atoms with Gasteiger partial charge in [-0.25, -0.2) is 0 Å². The van der Waals surface area contributed by atoms with Crippen LogP contribution in [0, 0.1) is 12.3 Å². The van der Waals surface area contributed by atoms with E-state index in [4.69, 9.17) is 6.42 Å². The van der Waals surface area contributed by atoms with Gasteiger partial charge in [-0.05, 0) is 0 Å². The van der Waals surface area contributed by atoms with Gasteiger partial charge in [-0.1, -0.05) is 16.6 Å². The molecule has 0 aliphatic rings. The zero-order chi connectivity index (χ0) is 10.3. The van der Waals surface area contributed by atoms with Gasteiger partial charge >= 0.3 is 17.9 Å². The lowest BCUT2D eigenvalue weighted by molar-refractivity contribution is 0.360. The van der Waals surface area contributed by atoms with Crippen LogP contribution in [0.2, 0.25) is 0 Å². The molecule has 0 heterocycles. The van der Waals surface area contributed by atoms with Gasteiger partial charge in [-0.2, -0.15) is 8.42 Å². The highest BCUT2D eigenvalue weighted by molar-refractivity contribution is 7.92. The molecule has 0 saturated carbocycles. The summed E-state index contributed by atoms with van der Waals surface area (Å²) in [6.07, 6.45) is 6.11. The Morgan fingerprint density at radius 3 is 2.69 bits per heavy atom. The Bertz CT molecular complexity index is 325. The summed E-state index contributed by atoms with van der Waals surface area (Å²) in [5.74, 6) is 2.12. The van der Waals surface area contributed by atoms with Gasteiger partial charge in [-0.3, -0.25) is 4.18 Å². The van der Waals surface area contributed by atoms with Gasteiger partial charge < -0.3 is 0 Å². The molecule has 4 nitrogen and oxygen atoms in total. The van der Waals surface area contributed by atoms with E-state index in [1.165, 1.54) is 6.08 Å². The van der Waals surface area contributed by atoms with E-state index in [1.54, 1.807) is 0 Å². The maximum absolute atomic E-state index is 11.0. The molecule has 0 aromatic carbocycles. The van der Waals surface area contributed by atoms with Gasteiger partial charge in [0.05, 0.1) is 6.61 Å². The van der Waals surface area contributed by atoms with Gasteiger partial charge in [-0.15, -0.1) is 13.0 Å². The number of rotatable bonds is 6. The Hall–Kier alpha value is -0.690. The Morgan fingerprint density at radius 1 is 1.62 bits per heavy atom. The average Bonchev–Trinajstić information content (AvgIpc) is 2.00. The van der Waals surface area contributed by atoms with Crippen LogP contribution in [0.25, 0.3) is 0 Å². The summed E-state index contributed by atoms with van der Waals surface area (Å²) in [7, 11) is -5.63. The summed E-state index contributed by atoms with van der Waals surface area (Å²) in [6.45, 7) is 3.18. The minimum Gasteiger partial charge on any atom is -0.263 e. The molecule has 0 radical (unpaired) electrons. The standard InChI is InChI=1S/C7H10O4PS/c1-3-5-11-13(9,10)7-12(8)6-4-2/h2-3H,1,5-7H2/q+1.